The Labute approximate surface area is 110 Å². The summed E-state index contributed by atoms with van der Waals surface area (Å²) in [5.41, 5.74) is 0. The Hall–Kier alpha value is -1.10. The molecule has 18 heavy (non-hydrogen) atoms. The number of rotatable bonds is 7. The van der Waals surface area contributed by atoms with Crippen molar-refractivity contribution in [1.29, 1.82) is 0 Å². The molecular weight excluding hydrogens is 232 g/mol. The molecule has 0 saturated heterocycles. The minimum Gasteiger partial charge on any atom is -0.481 e. The van der Waals surface area contributed by atoms with Crippen molar-refractivity contribution in [3.05, 3.63) is 0 Å². The predicted molar refractivity (Wildman–Crippen MR) is 71.4 cm³/mol. The maximum absolute atomic E-state index is 12.1. The van der Waals surface area contributed by atoms with E-state index in [1.54, 1.807) is 18.9 Å². The van der Waals surface area contributed by atoms with Gasteiger partial charge in [0.1, 0.15) is 0 Å². The predicted octanol–water partition coefficient (Wildman–Crippen LogP) is 1.28. The molecule has 1 atom stereocenters. The molecule has 5 heteroatoms. The number of likely N-dealkylation sites (N-methyl/N-ethyl adjacent to an activating group) is 1. The molecule has 0 aromatic heterocycles. The van der Waals surface area contributed by atoms with Gasteiger partial charge in [-0.25, -0.2) is 0 Å². The highest BCUT2D eigenvalue weighted by molar-refractivity contribution is 5.79. The highest BCUT2D eigenvalue weighted by Gasteiger charge is 2.22. The smallest absolute Gasteiger partial charge is 0.307 e. The van der Waals surface area contributed by atoms with Crippen molar-refractivity contribution in [2.45, 2.75) is 46.7 Å². The van der Waals surface area contributed by atoms with Crippen LogP contribution in [0.4, 0.5) is 0 Å². The fourth-order valence-corrected chi connectivity index (χ4v) is 2.09. The summed E-state index contributed by atoms with van der Waals surface area (Å²) in [5.74, 6) is -1.26. The Morgan fingerprint density at radius 2 is 1.50 bits per heavy atom. The fraction of sp³-hybridized carbons (Fsp3) is 0.846. The summed E-state index contributed by atoms with van der Waals surface area (Å²) >= 11 is 0. The topological polar surface area (TPSA) is 60.9 Å². The Morgan fingerprint density at radius 3 is 1.83 bits per heavy atom. The molecule has 0 aromatic carbocycles. The van der Waals surface area contributed by atoms with Gasteiger partial charge in [-0.15, -0.1) is 0 Å². The van der Waals surface area contributed by atoms with Gasteiger partial charge in [0.2, 0.25) is 5.91 Å². The molecule has 106 valence electrons. The number of nitrogens with zero attached hydrogens (tertiary/aromatic N) is 2. The Kier molecular flexibility index (Phi) is 6.91. The van der Waals surface area contributed by atoms with E-state index < -0.39 is 11.9 Å². The van der Waals surface area contributed by atoms with E-state index in [2.05, 4.69) is 0 Å². The van der Waals surface area contributed by atoms with Crippen LogP contribution in [0.3, 0.4) is 0 Å². The zero-order chi connectivity index (χ0) is 14.5. The summed E-state index contributed by atoms with van der Waals surface area (Å²) in [4.78, 5) is 26.5. The van der Waals surface area contributed by atoms with Gasteiger partial charge in [-0.05, 0) is 34.7 Å². The molecule has 0 aliphatic carbocycles. The van der Waals surface area contributed by atoms with Gasteiger partial charge < -0.3 is 10.0 Å². The van der Waals surface area contributed by atoms with E-state index in [1.807, 2.05) is 32.6 Å². The first-order valence-electron chi connectivity index (χ1n) is 6.39. The SMILES string of the molecule is CC(CN(C)CC(=O)N(C(C)C)C(C)C)C(=O)O. The van der Waals surface area contributed by atoms with Gasteiger partial charge in [0.15, 0.2) is 0 Å². The molecule has 0 radical (unpaired) electrons. The van der Waals surface area contributed by atoms with Crippen LogP contribution in [0.15, 0.2) is 0 Å². The monoisotopic (exact) mass is 258 g/mol. The van der Waals surface area contributed by atoms with Gasteiger partial charge in [0.25, 0.3) is 0 Å². The molecular formula is C13H26N2O3. The van der Waals surface area contributed by atoms with E-state index in [0.717, 1.165) is 0 Å². The van der Waals surface area contributed by atoms with Crippen LogP contribution in [0.2, 0.25) is 0 Å². The summed E-state index contributed by atoms with van der Waals surface area (Å²) in [6.45, 7) is 10.2. The highest BCUT2D eigenvalue weighted by atomic mass is 16.4. The number of hydrogen-bond acceptors (Lipinski definition) is 3. The first-order chi connectivity index (χ1) is 8.16. The third-order valence-electron chi connectivity index (χ3n) is 2.81. The molecule has 0 heterocycles. The second kappa shape index (κ2) is 7.36. The molecule has 1 N–H and O–H groups in total. The van der Waals surface area contributed by atoms with E-state index in [1.165, 1.54) is 0 Å². The fourth-order valence-electron chi connectivity index (χ4n) is 2.09. The lowest BCUT2D eigenvalue weighted by Crippen LogP contribution is -2.47. The van der Waals surface area contributed by atoms with Crippen LogP contribution in [0, 0.1) is 5.92 Å². The highest BCUT2D eigenvalue weighted by Crippen LogP contribution is 2.07. The molecule has 0 rings (SSSR count). The van der Waals surface area contributed by atoms with E-state index in [9.17, 15) is 9.59 Å². The molecule has 0 spiro atoms. The van der Waals surface area contributed by atoms with Crippen LogP contribution in [0.1, 0.15) is 34.6 Å². The Bertz CT molecular complexity index is 282. The number of amides is 1. The van der Waals surface area contributed by atoms with Crippen molar-refractivity contribution < 1.29 is 14.7 Å². The number of hydrogen-bond donors (Lipinski definition) is 1. The molecule has 5 nitrogen and oxygen atoms in total. The summed E-state index contributed by atoms with van der Waals surface area (Å²) in [6, 6.07) is 0.311. The van der Waals surface area contributed by atoms with Gasteiger partial charge in [-0.2, -0.15) is 0 Å². The maximum atomic E-state index is 12.1. The second-order valence-corrected chi connectivity index (χ2v) is 5.42. The number of carbonyl (C=O) groups is 2. The molecule has 0 aliphatic rings. The molecule has 0 aliphatic heterocycles. The van der Waals surface area contributed by atoms with Gasteiger partial charge in [-0.3, -0.25) is 14.5 Å². The summed E-state index contributed by atoms with van der Waals surface area (Å²) in [7, 11) is 1.77. The number of carbonyl (C=O) groups excluding carboxylic acids is 1. The van der Waals surface area contributed by atoms with Crippen LogP contribution in [-0.4, -0.2) is 59.0 Å². The van der Waals surface area contributed by atoms with Gasteiger partial charge in [0.05, 0.1) is 12.5 Å². The standard InChI is InChI=1S/C13H26N2O3/c1-9(2)15(10(3)4)12(16)8-14(6)7-11(5)13(17)18/h9-11H,7-8H2,1-6H3,(H,17,18). The van der Waals surface area contributed by atoms with E-state index in [4.69, 9.17) is 5.11 Å². The molecule has 0 fully saturated rings. The lowest BCUT2D eigenvalue weighted by atomic mass is 10.1. The zero-order valence-corrected chi connectivity index (χ0v) is 12.3. The first-order valence-corrected chi connectivity index (χ1v) is 6.39. The molecule has 0 saturated carbocycles. The van der Waals surface area contributed by atoms with Crippen LogP contribution < -0.4 is 0 Å². The molecule has 0 aromatic rings. The lowest BCUT2D eigenvalue weighted by Gasteiger charge is -2.32. The first kappa shape index (κ1) is 16.9. The van der Waals surface area contributed by atoms with Crippen LogP contribution in [0.25, 0.3) is 0 Å². The molecule has 1 amide bonds. The lowest BCUT2D eigenvalue weighted by molar-refractivity contribution is -0.143. The summed E-state index contributed by atoms with van der Waals surface area (Å²) < 4.78 is 0. The van der Waals surface area contributed by atoms with Gasteiger partial charge >= 0.3 is 5.97 Å². The quantitative estimate of drug-likeness (QED) is 0.747. The van der Waals surface area contributed by atoms with E-state index in [-0.39, 0.29) is 24.5 Å². The van der Waals surface area contributed by atoms with E-state index in [0.29, 0.717) is 6.54 Å². The van der Waals surface area contributed by atoms with Crippen molar-refractivity contribution in [3.8, 4) is 0 Å². The summed E-state index contributed by atoms with van der Waals surface area (Å²) in [6.07, 6.45) is 0. The summed E-state index contributed by atoms with van der Waals surface area (Å²) in [5, 5.41) is 8.83. The number of carboxylic acid groups (broad SMARTS) is 1. The Balaban J connectivity index is 4.41. The average molecular weight is 258 g/mol. The Morgan fingerprint density at radius 1 is 1.06 bits per heavy atom. The molecule has 0 bridgehead atoms. The van der Waals surface area contributed by atoms with Crippen molar-refractivity contribution in [2.24, 2.45) is 5.92 Å². The largest absolute Gasteiger partial charge is 0.481 e. The minimum absolute atomic E-state index is 0.0417. The third-order valence-corrected chi connectivity index (χ3v) is 2.81. The van der Waals surface area contributed by atoms with Crippen molar-refractivity contribution in [3.63, 3.8) is 0 Å². The van der Waals surface area contributed by atoms with Crippen molar-refractivity contribution in [1.82, 2.24) is 9.80 Å². The number of aliphatic carboxylic acids is 1. The van der Waals surface area contributed by atoms with E-state index >= 15 is 0 Å². The van der Waals surface area contributed by atoms with Crippen molar-refractivity contribution >= 4 is 11.9 Å². The number of carboxylic acids is 1. The van der Waals surface area contributed by atoms with Crippen LogP contribution >= 0.6 is 0 Å². The maximum Gasteiger partial charge on any atom is 0.307 e. The van der Waals surface area contributed by atoms with Crippen molar-refractivity contribution in [2.75, 3.05) is 20.1 Å². The normalized spacial score (nSPS) is 13.2. The van der Waals surface area contributed by atoms with Gasteiger partial charge in [-0.1, -0.05) is 6.92 Å². The van der Waals surface area contributed by atoms with Gasteiger partial charge in [0, 0.05) is 18.6 Å². The third kappa shape index (κ3) is 5.49. The average Bonchev–Trinajstić information content (AvgIpc) is 2.14. The minimum atomic E-state index is -0.834. The van der Waals surface area contributed by atoms with Crippen LogP contribution in [0.5, 0.6) is 0 Å². The second-order valence-electron chi connectivity index (χ2n) is 5.42. The zero-order valence-electron chi connectivity index (χ0n) is 12.3. The van der Waals surface area contributed by atoms with Crippen LogP contribution in [-0.2, 0) is 9.59 Å². The molecule has 1 unspecified atom stereocenters.